The second-order valence-electron chi connectivity index (χ2n) is 6.89. The Bertz CT molecular complexity index is 1260. The second-order valence-corrected chi connectivity index (χ2v) is 8.12. The van der Waals surface area contributed by atoms with Gasteiger partial charge < -0.3 is 15.4 Å². The third-order valence-corrected chi connectivity index (χ3v) is 5.31. The number of hydrogen-bond acceptors (Lipinski definition) is 8. The van der Waals surface area contributed by atoms with Crippen molar-refractivity contribution in [2.75, 3.05) is 23.1 Å². The Hall–Kier alpha value is -4.05. The summed E-state index contributed by atoms with van der Waals surface area (Å²) in [6.45, 7) is 3.89. The zero-order chi connectivity index (χ0) is 22.5. The number of nitrogens with one attached hydrogen (secondary N) is 3. The summed E-state index contributed by atoms with van der Waals surface area (Å²) < 4.78 is 5.24. The van der Waals surface area contributed by atoms with E-state index >= 15 is 0 Å². The van der Waals surface area contributed by atoms with E-state index in [1.807, 2.05) is 38.1 Å². The number of rotatable bonds is 6. The van der Waals surface area contributed by atoms with E-state index in [0.29, 0.717) is 28.2 Å². The number of anilines is 4. The van der Waals surface area contributed by atoms with E-state index < -0.39 is 0 Å². The monoisotopic (exact) mass is 447 g/mol. The second kappa shape index (κ2) is 9.40. The molecule has 0 saturated heterocycles. The van der Waals surface area contributed by atoms with Crippen LogP contribution < -0.4 is 20.7 Å². The van der Waals surface area contributed by atoms with Gasteiger partial charge in [0, 0.05) is 40.4 Å². The van der Waals surface area contributed by atoms with Crippen LogP contribution in [0.25, 0.3) is 11.3 Å². The highest BCUT2D eigenvalue weighted by Gasteiger charge is 2.09. The van der Waals surface area contributed by atoms with Crippen LogP contribution in [-0.4, -0.2) is 33.1 Å². The fourth-order valence-electron chi connectivity index (χ4n) is 2.88. The van der Waals surface area contributed by atoms with E-state index in [4.69, 9.17) is 4.74 Å². The number of ether oxygens (including phenoxy) is 1. The summed E-state index contributed by atoms with van der Waals surface area (Å²) in [5, 5.41) is 9.31. The Morgan fingerprint density at radius 3 is 2.69 bits per heavy atom. The van der Waals surface area contributed by atoms with Crippen LogP contribution in [0.4, 0.5) is 27.2 Å². The Labute approximate surface area is 189 Å². The number of thiazole rings is 1. The van der Waals surface area contributed by atoms with Gasteiger partial charge in [0.05, 0.1) is 19.0 Å². The topological polar surface area (TPSA) is 114 Å². The number of benzene rings is 1. The lowest BCUT2D eigenvalue weighted by Gasteiger charge is -2.12. The quantitative estimate of drug-likeness (QED) is 0.381. The SMILES string of the molecule is COc1cncc(-c2ccnc(Nc3cc(NC(=O)Nc4ncc(C)s4)ccc3C)n2)c1. The van der Waals surface area contributed by atoms with Crippen LogP contribution in [0.1, 0.15) is 10.4 Å². The van der Waals surface area contributed by atoms with E-state index in [0.717, 1.165) is 21.7 Å². The van der Waals surface area contributed by atoms with Crippen LogP contribution >= 0.6 is 11.3 Å². The van der Waals surface area contributed by atoms with E-state index in [2.05, 4.69) is 35.9 Å². The Kier molecular flexibility index (Phi) is 6.22. The van der Waals surface area contributed by atoms with Gasteiger partial charge in [0.15, 0.2) is 5.13 Å². The largest absolute Gasteiger partial charge is 0.495 e. The normalized spacial score (nSPS) is 10.5. The first-order valence-electron chi connectivity index (χ1n) is 9.71. The summed E-state index contributed by atoms with van der Waals surface area (Å²) in [5.74, 6) is 1.07. The average Bonchev–Trinajstić information content (AvgIpc) is 3.20. The molecule has 162 valence electrons. The van der Waals surface area contributed by atoms with Crippen molar-refractivity contribution in [3.05, 3.63) is 65.6 Å². The number of methoxy groups -OCH3 is 1. The number of carbonyl (C=O) groups is 1. The Balaban J connectivity index is 1.50. The minimum Gasteiger partial charge on any atom is -0.495 e. The van der Waals surface area contributed by atoms with Crippen molar-refractivity contribution in [2.24, 2.45) is 0 Å². The summed E-state index contributed by atoms with van der Waals surface area (Å²) in [6, 6.07) is 8.85. The number of carbonyl (C=O) groups excluding carboxylic acids is 1. The lowest BCUT2D eigenvalue weighted by atomic mass is 10.2. The van der Waals surface area contributed by atoms with Gasteiger partial charge in [-0.3, -0.25) is 10.3 Å². The molecular weight excluding hydrogens is 426 g/mol. The third kappa shape index (κ3) is 5.16. The van der Waals surface area contributed by atoms with E-state index in [-0.39, 0.29) is 6.03 Å². The molecule has 4 rings (SSSR count). The van der Waals surface area contributed by atoms with Crippen molar-refractivity contribution in [2.45, 2.75) is 13.8 Å². The summed E-state index contributed by atoms with van der Waals surface area (Å²) in [7, 11) is 1.59. The van der Waals surface area contributed by atoms with Crippen LogP contribution in [-0.2, 0) is 0 Å². The highest BCUT2D eigenvalue weighted by Crippen LogP contribution is 2.25. The van der Waals surface area contributed by atoms with Gasteiger partial charge in [0.2, 0.25) is 5.95 Å². The van der Waals surface area contributed by atoms with Gasteiger partial charge in [-0.25, -0.2) is 19.7 Å². The van der Waals surface area contributed by atoms with Crippen molar-refractivity contribution in [3.63, 3.8) is 0 Å². The van der Waals surface area contributed by atoms with Gasteiger partial charge in [-0.15, -0.1) is 11.3 Å². The molecule has 0 spiro atoms. The van der Waals surface area contributed by atoms with Gasteiger partial charge in [0.1, 0.15) is 5.75 Å². The Morgan fingerprint density at radius 2 is 1.91 bits per heavy atom. The van der Waals surface area contributed by atoms with Crippen LogP contribution in [0.15, 0.2) is 55.1 Å². The molecule has 32 heavy (non-hydrogen) atoms. The lowest BCUT2D eigenvalue weighted by Crippen LogP contribution is -2.19. The predicted octanol–water partition coefficient (Wildman–Crippen LogP) is 5.01. The number of amides is 2. The van der Waals surface area contributed by atoms with Gasteiger partial charge in [-0.05, 0) is 43.7 Å². The molecule has 0 bridgehead atoms. The number of pyridine rings is 1. The number of hydrogen-bond donors (Lipinski definition) is 3. The number of aromatic nitrogens is 4. The molecule has 10 heteroatoms. The molecule has 0 fully saturated rings. The van der Waals surface area contributed by atoms with Gasteiger partial charge in [-0.2, -0.15) is 0 Å². The maximum absolute atomic E-state index is 12.3. The molecule has 4 aromatic rings. The smallest absolute Gasteiger partial charge is 0.325 e. The fraction of sp³-hybridized carbons (Fsp3) is 0.136. The first-order valence-corrected chi connectivity index (χ1v) is 10.5. The molecular formula is C22H21N7O2S. The van der Waals surface area contributed by atoms with Crippen LogP contribution in [0.5, 0.6) is 5.75 Å². The van der Waals surface area contributed by atoms with Gasteiger partial charge >= 0.3 is 6.03 Å². The van der Waals surface area contributed by atoms with E-state index in [1.165, 1.54) is 11.3 Å². The van der Waals surface area contributed by atoms with E-state index in [1.54, 1.807) is 38.0 Å². The number of nitrogens with zero attached hydrogens (tertiary/aromatic N) is 4. The molecule has 0 aliphatic heterocycles. The summed E-state index contributed by atoms with van der Waals surface area (Å²) in [4.78, 5) is 30.5. The average molecular weight is 448 g/mol. The number of aryl methyl sites for hydroxylation is 2. The molecule has 0 radical (unpaired) electrons. The first kappa shape index (κ1) is 21.2. The summed E-state index contributed by atoms with van der Waals surface area (Å²) in [6.07, 6.45) is 6.74. The molecule has 2 amide bonds. The predicted molar refractivity (Wildman–Crippen MR) is 126 cm³/mol. The van der Waals surface area contributed by atoms with Crippen LogP contribution in [0, 0.1) is 13.8 Å². The minimum atomic E-state index is -0.363. The Morgan fingerprint density at radius 1 is 1.03 bits per heavy atom. The number of urea groups is 1. The molecule has 9 nitrogen and oxygen atoms in total. The summed E-state index contributed by atoms with van der Waals surface area (Å²) >= 11 is 1.41. The lowest BCUT2D eigenvalue weighted by molar-refractivity contribution is 0.262. The van der Waals surface area contributed by atoms with Gasteiger partial charge in [0.25, 0.3) is 0 Å². The molecule has 1 aromatic carbocycles. The van der Waals surface area contributed by atoms with Gasteiger partial charge in [-0.1, -0.05) is 6.07 Å². The molecule has 0 atom stereocenters. The zero-order valence-electron chi connectivity index (χ0n) is 17.7. The molecule has 0 saturated carbocycles. The van der Waals surface area contributed by atoms with Crippen molar-refractivity contribution in [1.82, 2.24) is 19.9 Å². The molecule has 0 unspecified atom stereocenters. The zero-order valence-corrected chi connectivity index (χ0v) is 18.5. The standard InChI is InChI=1S/C22H21N7O2S/c1-13-4-5-16(26-21(30)29-22-25-10-14(2)32-22)9-19(13)28-20-24-7-6-18(27-20)15-8-17(31-3)12-23-11-15/h4-12H,1-3H3,(H,24,27,28)(H2,25,26,29,30). The van der Waals surface area contributed by atoms with Crippen molar-refractivity contribution in [1.29, 1.82) is 0 Å². The molecule has 0 aliphatic rings. The maximum Gasteiger partial charge on any atom is 0.325 e. The highest BCUT2D eigenvalue weighted by atomic mass is 32.1. The molecule has 0 aliphatic carbocycles. The molecule has 3 aromatic heterocycles. The third-order valence-electron chi connectivity index (χ3n) is 4.48. The maximum atomic E-state index is 12.3. The van der Waals surface area contributed by atoms with Crippen LogP contribution in [0.3, 0.4) is 0 Å². The van der Waals surface area contributed by atoms with Crippen LogP contribution in [0.2, 0.25) is 0 Å². The first-order chi connectivity index (χ1) is 15.5. The van der Waals surface area contributed by atoms with Crippen molar-refractivity contribution < 1.29 is 9.53 Å². The minimum absolute atomic E-state index is 0.363. The molecule has 3 N–H and O–H groups in total. The molecule has 3 heterocycles. The van der Waals surface area contributed by atoms with Crippen molar-refractivity contribution in [3.8, 4) is 17.0 Å². The summed E-state index contributed by atoms with van der Waals surface area (Å²) in [5.41, 5.74) is 3.89. The fourth-order valence-corrected chi connectivity index (χ4v) is 3.54. The van der Waals surface area contributed by atoms with Crippen molar-refractivity contribution >= 4 is 39.8 Å². The van der Waals surface area contributed by atoms with E-state index in [9.17, 15) is 4.79 Å². The highest BCUT2D eigenvalue weighted by molar-refractivity contribution is 7.15.